The summed E-state index contributed by atoms with van der Waals surface area (Å²) < 4.78 is 40.9. The molecule has 1 aromatic carbocycles. The number of nitrogens with one attached hydrogen (secondary N) is 1. The zero-order valence-electron chi connectivity index (χ0n) is 16.9. The minimum Gasteiger partial charge on any atom is -0.458 e. The van der Waals surface area contributed by atoms with E-state index in [4.69, 9.17) is 9.15 Å². The smallest absolute Gasteiger partial charge is 0.154 e. The molecule has 1 unspecified atom stereocenters. The van der Waals surface area contributed by atoms with Gasteiger partial charge < -0.3 is 14.3 Å². The second-order valence-electron chi connectivity index (χ2n) is 7.69. The second-order valence-corrected chi connectivity index (χ2v) is 9.74. The highest BCUT2D eigenvalue weighted by Gasteiger charge is 2.21. The maximum atomic E-state index is 15.3. The monoisotopic (exact) mass is 420 g/mol. The third-order valence-electron chi connectivity index (χ3n) is 4.37. The number of halogens is 1. The van der Waals surface area contributed by atoms with Gasteiger partial charge in [0.1, 0.15) is 18.0 Å². The van der Waals surface area contributed by atoms with Crippen molar-refractivity contribution >= 4 is 22.0 Å². The fourth-order valence-electron chi connectivity index (χ4n) is 2.94. The SMILES string of the molecule is COCc1cc2cc(CO)cc(-c3ccnc(CNS(=O)C(C)(C)C)c3F)c2o1. The number of furan rings is 1. The molecular weight excluding hydrogens is 395 g/mol. The number of hydrogen-bond donors (Lipinski definition) is 2. The van der Waals surface area contributed by atoms with E-state index in [9.17, 15) is 9.32 Å². The van der Waals surface area contributed by atoms with Gasteiger partial charge in [0.25, 0.3) is 0 Å². The Balaban J connectivity index is 2.04. The highest BCUT2D eigenvalue weighted by Crippen LogP contribution is 2.34. The van der Waals surface area contributed by atoms with Crippen LogP contribution in [0.25, 0.3) is 22.1 Å². The predicted octanol–water partition coefficient (Wildman–Crippen LogP) is 3.82. The Morgan fingerprint density at radius 1 is 1.28 bits per heavy atom. The number of hydrogen-bond acceptors (Lipinski definition) is 5. The molecule has 0 amide bonds. The number of aliphatic hydroxyl groups is 1. The molecule has 156 valence electrons. The van der Waals surface area contributed by atoms with Crippen LogP contribution < -0.4 is 4.72 Å². The Morgan fingerprint density at radius 2 is 2.03 bits per heavy atom. The first-order valence-corrected chi connectivity index (χ1v) is 10.3. The average Bonchev–Trinajstić information content (AvgIpc) is 3.08. The summed E-state index contributed by atoms with van der Waals surface area (Å²) in [6.45, 7) is 5.64. The minimum absolute atomic E-state index is 0.0272. The molecule has 0 aliphatic rings. The van der Waals surface area contributed by atoms with Crippen molar-refractivity contribution < 1.29 is 22.9 Å². The zero-order valence-corrected chi connectivity index (χ0v) is 17.7. The number of aromatic nitrogens is 1. The zero-order chi connectivity index (χ0) is 21.2. The Kier molecular flexibility index (Phi) is 6.48. The molecule has 3 aromatic rings. The maximum Gasteiger partial charge on any atom is 0.154 e. The van der Waals surface area contributed by atoms with Gasteiger partial charge in [0.15, 0.2) is 5.82 Å². The first-order valence-electron chi connectivity index (χ1n) is 9.19. The Bertz CT molecular complexity index is 1040. The van der Waals surface area contributed by atoms with Crippen LogP contribution in [0.1, 0.15) is 37.8 Å². The summed E-state index contributed by atoms with van der Waals surface area (Å²) in [5, 5.41) is 10.4. The molecule has 29 heavy (non-hydrogen) atoms. The van der Waals surface area contributed by atoms with Crippen LogP contribution in [-0.2, 0) is 35.5 Å². The molecule has 0 aliphatic carbocycles. The van der Waals surface area contributed by atoms with Crippen LogP contribution in [0.15, 0.2) is 34.9 Å². The fraction of sp³-hybridized carbons (Fsp3) is 0.381. The van der Waals surface area contributed by atoms with Gasteiger partial charge in [0.05, 0.1) is 34.6 Å². The van der Waals surface area contributed by atoms with E-state index in [1.165, 1.54) is 6.20 Å². The lowest BCUT2D eigenvalue weighted by Crippen LogP contribution is -2.33. The molecule has 0 bridgehead atoms. The van der Waals surface area contributed by atoms with Crippen molar-refractivity contribution in [2.24, 2.45) is 0 Å². The normalized spacial score (nSPS) is 13.2. The number of nitrogens with zero attached hydrogens (tertiary/aromatic N) is 1. The predicted molar refractivity (Wildman–Crippen MR) is 111 cm³/mol. The lowest BCUT2D eigenvalue weighted by molar-refractivity contribution is 0.166. The highest BCUT2D eigenvalue weighted by molar-refractivity contribution is 7.84. The number of methoxy groups -OCH3 is 1. The number of aliphatic hydroxyl groups excluding tert-OH is 1. The van der Waals surface area contributed by atoms with Crippen LogP contribution in [0, 0.1) is 5.82 Å². The molecule has 0 fully saturated rings. The molecule has 0 saturated heterocycles. The largest absolute Gasteiger partial charge is 0.458 e. The first-order chi connectivity index (χ1) is 13.7. The van der Waals surface area contributed by atoms with E-state index < -0.39 is 21.5 Å². The molecule has 3 rings (SSSR count). The van der Waals surface area contributed by atoms with Crippen molar-refractivity contribution in [3.8, 4) is 11.1 Å². The molecule has 0 spiro atoms. The summed E-state index contributed by atoms with van der Waals surface area (Å²) in [4.78, 5) is 4.10. The molecule has 0 aliphatic heterocycles. The number of ether oxygens (including phenoxy) is 1. The summed E-state index contributed by atoms with van der Waals surface area (Å²) in [7, 11) is 0.220. The second kappa shape index (κ2) is 8.71. The standard InChI is InChI=1S/C21H25FN2O4S/c1-21(2,3)29(26)24-10-18-19(22)16(5-6-23-18)17-8-13(11-25)7-14-9-15(12-27-4)28-20(14)17/h5-9,24-25H,10-12H2,1-4H3. The van der Waals surface area contributed by atoms with E-state index in [1.807, 2.05) is 26.8 Å². The van der Waals surface area contributed by atoms with Gasteiger partial charge in [0, 0.05) is 29.8 Å². The number of pyridine rings is 1. The number of fused-ring (bicyclic) bond motifs is 1. The Morgan fingerprint density at radius 3 is 2.69 bits per heavy atom. The van der Waals surface area contributed by atoms with Crippen LogP contribution in [0.4, 0.5) is 4.39 Å². The average molecular weight is 421 g/mol. The maximum absolute atomic E-state index is 15.3. The molecule has 6 nitrogen and oxygen atoms in total. The summed E-state index contributed by atoms with van der Waals surface area (Å²) in [6.07, 6.45) is 1.51. The third-order valence-corrected chi connectivity index (χ3v) is 5.89. The number of rotatable bonds is 7. The third kappa shape index (κ3) is 4.72. The highest BCUT2D eigenvalue weighted by atomic mass is 32.2. The van der Waals surface area contributed by atoms with Gasteiger partial charge in [-0.15, -0.1) is 0 Å². The molecule has 2 heterocycles. The van der Waals surface area contributed by atoms with Crippen molar-refractivity contribution in [1.29, 1.82) is 0 Å². The molecular formula is C21H25FN2O4S. The van der Waals surface area contributed by atoms with E-state index in [0.717, 1.165) is 5.39 Å². The van der Waals surface area contributed by atoms with Crippen LogP contribution in [-0.4, -0.2) is 26.2 Å². The Hall–Kier alpha value is -2.13. The molecule has 0 saturated carbocycles. The van der Waals surface area contributed by atoms with Crippen LogP contribution >= 0.6 is 0 Å². The lowest BCUT2D eigenvalue weighted by atomic mass is 10.00. The quantitative estimate of drug-likeness (QED) is 0.607. The molecule has 1 atom stereocenters. The van der Waals surface area contributed by atoms with E-state index >= 15 is 4.39 Å². The van der Waals surface area contributed by atoms with Crippen molar-refractivity contribution in [2.45, 2.75) is 45.3 Å². The van der Waals surface area contributed by atoms with Crippen LogP contribution in [0.2, 0.25) is 0 Å². The fourth-order valence-corrected chi connectivity index (χ4v) is 3.64. The Labute approximate surface area is 171 Å². The van der Waals surface area contributed by atoms with Crippen molar-refractivity contribution in [3.63, 3.8) is 0 Å². The lowest BCUT2D eigenvalue weighted by Gasteiger charge is -2.18. The summed E-state index contributed by atoms with van der Waals surface area (Å²) in [5.74, 6) is 0.0859. The first kappa shape index (κ1) is 21.6. The number of benzene rings is 1. The molecule has 8 heteroatoms. The molecule has 0 radical (unpaired) electrons. The van der Waals surface area contributed by atoms with Gasteiger partial charge in [-0.1, -0.05) is 0 Å². The van der Waals surface area contributed by atoms with Gasteiger partial charge in [-0.25, -0.2) is 13.3 Å². The molecule has 2 aromatic heterocycles. The topological polar surface area (TPSA) is 84.6 Å². The van der Waals surface area contributed by atoms with Crippen molar-refractivity contribution in [1.82, 2.24) is 9.71 Å². The van der Waals surface area contributed by atoms with Gasteiger partial charge in [-0.05, 0) is 50.6 Å². The molecule has 2 N–H and O–H groups in total. The van der Waals surface area contributed by atoms with Crippen molar-refractivity contribution in [3.05, 3.63) is 53.3 Å². The van der Waals surface area contributed by atoms with Crippen LogP contribution in [0.5, 0.6) is 0 Å². The van der Waals surface area contributed by atoms with Gasteiger partial charge in [-0.2, -0.15) is 0 Å². The van der Waals surface area contributed by atoms with Crippen molar-refractivity contribution in [2.75, 3.05) is 7.11 Å². The summed E-state index contributed by atoms with van der Waals surface area (Å²) in [6, 6.07) is 6.88. The van der Waals surface area contributed by atoms with Gasteiger partial charge >= 0.3 is 0 Å². The summed E-state index contributed by atoms with van der Waals surface area (Å²) >= 11 is 0. The minimum atomic E-state index is -1.35. The van der Waals surface area contributed by atoms with E-state index in [1.54, 1.807) is 25.3 Å². The van der Waals surface area contributed by atoms with Crippen LogP contribution in [0.3, 0.4) is 0 Å². The van der Waals surface area contributed by atoms with E-state index in [2.05, 4.69) is 9.71 Å². The van der Waals surface area contributed by atoms with Gasteiger partial charge in [0.2, 0.25) is 0 Å². The van der Waals surface area contributed by atoms with Gasteiger partial charge in [-0.3, -0.25) is 4.98 Å². The van der Waals surface area contributed by atoms with E-state index in [0.29, 0.717) is 28.0 Å². The van der Waals surface area contributed by atoms with E-state index in [-0.39, 0.29) is 25.5 Å². The summed E-state index contributed by atoms with van der Waals surface area (Å²) in [5.41, 5.74) is 2.13.